The molecule has 1 aromatic heterocycles. The average molecular weight is 406 g/mol. The molecule has 0 aliphatic heterocycles. The van der Waals surface area contributed by atoms with Crippen LogP contribution in [0.2, 0.25) is 0 Å². The van der Waals surface area contributed by atoms with Gasteiger partial charge in [0.05, 0.1) is 5.69 Å². The summed E-state index contributed by atoms with van der Waals surface area (Å²) in [5.74, 6) is -0.212. The molecule has 0 unspecified atom stereocenters. The molecule has 0 saturated carbocycles. The van der Waals surface area contributed by atoms with Crippen molar-refractivity contribution in [1.82, 2.24) is 4.98 Å². The quantitative estimate of drug-likeness (QED) is 0.269. The molecule has 0 atom stereocenters. The second kappa shape index (κ2) is 8.31. The molecule has 4 aromatic carbocycles. The Balaban J connectivity index is 1.57. The van der Waals surface area contributed by atoms with E-state index in [1.807, 2.05) is 30.5 Å². The van der Waals surface area contributed by atoms with Crippen LogP contribution in [0.25, 0.3) is 43.9 Å². The minimum atomic E-state index is -0.212. The van der Waals surface area contributed by atoms with E-state index in [0.29, 0.717) is 5.56 Å². The van der Waals surface area contributed by atoms with Gasteiger partial charge in [-0.25, -0.2) is 4.39 Å². The molecule has 1 nitrogen and oxygen atoms in total. The van der Waals surface area contributed by atoms with E-state index in [-0.39, 0.29) is 5.82 Å². The maximum atomic E-state index is 14.7. The van der Waals surface area contributed by atoms with Crippen molar-refractivity contribution in [1.29, 1.82) is 0 Å². The molecule has 2 heteroatoms. The first-order chi connectivity index (χ1) is 15.2. The van der Waals surface area contributed by atoms with Gasteiger partial charge in [-0.3, -0.25) is 4.98 Å². The highest BCUT2D eigenvalue weighted by molar-refractivity contribution is 6.08. The summed E-state index contributed by atoms with van der Waals surface area (Å²) in [5, 5.41) is 4.67. The Labute approximate surface area is 182 Å². The second-order valence-electron chi connectivity index (χ2n) is 8.07. The summed E-state index contributed by atoms with van der Waals surface area (Å²) >= 11 is 0. The lowest BCUT2D eigenvalue weighted by Crippen LogP contribution is -1.90. The summed E-state index contributed by atoms with van der Waals surface area (Å²) in [4.78, 5) is 4.67. The number of fused-ring (bicyclic) bond motifs is 3. The molecule has 152 valence electrons. The third-order valence-corrected chi connectivity index (χ3v) is 5.97. The highest BCUT2D eigenvalue weighted by Crippen LogP contribution is 2.32. The number of unbranched alkanes of at least 4 members (excludes halogenated alkanes) is 1. The van der Waals surface area contributed by atoms with Crippen molar-refractivity contribution >= 4 is 21.5 Å². The minimum Gasteiger partial charge on any atom is -0.256 e. The fraction of sp³-hybridized carbons (Fsp3) is 0.138. The number of aryl methyl sites for hydroxylation is 1. The normalized spacial score (nSPS) is 11.3. The van der Waals surface area contributed by atoms with E-state index in [0.717, 1.165) is 34.0 Å². The predicted octanol–water partition coefficient (Wildman–Crippen LogP) is 8.20. The van der Waals surface area contributed by atoms with Crippen LogP contribution in [0.1, 0.15) is 25.3 Å². The number of benzene rings is 4. The summed E-state index contributed by atoms with van der Waals surface area (Å²) in [6.45, 7) is 2.19. The lowest BCUT2D eigenvalue weighted by Gasteiger charge is -2.10. The number of hydrogen-bond acceptors (Lipinski definition) is 1. The smallest absolute Gasteiger partial charge is 0.131 e. The van der Waals surface area contributed by atoms with Gasteiger partial charge in [-0.1, -0.05) is 74.0 Å². The fourth-order valence-electron chi connectivity index (χ4n) is 4.19. The van der Waals surface area contributed by atoms with Gasteiger partial charge in [0.15, 0.2) is 0 Å². The summed E-state index contributed by atoms with van der Waals surface area (Å²) in [6, 6.07) is 28.2. The summed E-state index contributed by atoms with van der Waals surface area (Å²) in [7, 11) is 0. The van der Waals surface area contributed by atoms with E-state index >= 15 is 0 Å². The Kier molecular flexibility index (Phi) is 5.21. The number of halogens is 1. The van der Waals surface area contributed by atoms with Gasteiger partial charge in [0.1, 0.15) is 5.82 Å². The molecule has 0 aliphatic carbocycles. The van der Waals surface area contributed by atoms with Gasteiger partial charge in [-0.15, -0.1) is 0 Å². The zero-order valence-electron chi connectivity index (χ0n) is 17.6. The Morgan fingerprint density at radius 1 is 0.742 bits per heavy atom. The van der Waals surface area contributed by atoms with E-state index in [1.165, 1.54) is 29.2 Å². The zero-order chi connectivity index (χ0) is 21.2. The van der Waals surface area contributed by atoms with Crippen LogP contribution in [-0.2, 0) is 6.42 Å². The van der Waals surface area contributed by atoms with Crippen molar-refractivity contribution in [3.63, 3.8) is 0 Å². The highest BCUT2D eigenvalue weighted by atomic mass is 19.1. The topological polar surface area (TPSA) is 12.9 Å². The van der Waals surface area contributed by atoms with Crippen molar-refractivity contribution in [2.24, 2.45) is 0 Å². The van der Waals surface area contributed by atoms with Crippen LogP contribution in [0.15, 0.2) is 91.1 Å². The molecular formula is C29H24FN. The Morgan fingerprint density at radius 3 is 2.35 bits per heavy atom. The van der Waals surface area contributed by atoms with E-state index in [1.54, 1.807) is 6.07 Å². The van der Waals surface area contributed by atoms with Crippen molar-refractivity contribution in [3.8, 4) is 22.4 Å². The number of hydrogen-bond donors (Lipinski definition) is 0. The first-order valence-electron chi connectivity index (χ1n) is 10.9. The van der Waals surface area contributed by atoms with Gasteiger partial charge in [0.25, 0.3) is 0 Å². The van der Waals surface area contributed by atoms with Crippen LogP contribution in [0, 0.1) is 5.82 Å². The Morgan fingerprint density at radius 2 is 1.52 bits per heavy atom. The van der Waals surface area contributed by atoms with Crippen molar-refractivity contribution in [2.75, 3.05) is 0 Å². The Hall–Kier alpha value is -3.52. The third kappa shape index (κ3) is 3.82. The standard InChI is InChI=1S/C29H24FN/c1-2-3-6-20-9-11-22(12-10-20)27-17-23(15-16-28(27)30)29-18-26-24(19-31-29)14-13-21-7-4-5-8-25(21)26/h4-5,7-19H,2-3,6H2,1H3. The van der Waals surface area contributed by atoms with E-state index in [4.69, 9.17) is 0 Å². The molecule has 0 aliphatic rings. The van der Waals surface area contributed by atoms with Crippen molar-refractivity contribution in [2.45, 2.75) is 26.2 Å². The Bertz CT molecular complexity index is 1370. The number of pyridine rings is 1. The van der Waals surface area contributed by atoms with Gasteiger partial charge < -0.3 is 0 Å². The summed E-state index contributed by atoms with van der Waals surface area (Å²) in [6.07, 6.45) is 5.31. The van der Waals surface area contributed by atoms with Crippen LogP contribution in [0.4, 0.5) is 4.39 Å². The monoisotopic (exact) mass is 405 g/mol. The van der Waals surface area contributed by atoms with E-state index in [9.17, 15) is 4.39 Å². The molecule has 5 aromatic rings. The third-order valence-electron chi connectivity index (χ3n) is 5.97. The lowest BCUT2D eigenvalue weighted by atomic mass is 9.97. The van der Waals surface area contributed by atoms with Gasteiger partial charge in [0.2, 0.25) is 0 Å². The van der Waals surface area contributed by atoms with Crippen LogP contribution >= 0.6 is 0 Å². The predicted molar refractivity (Wildman–Crippen MR) is 129 cm³/mol. The van der Waals surface area contributed by atoms with E-state index < -0.39 is 0 Å². The molecule has 0 saturated heterocycles. The van der Waals surface area contributed by atoms with Gasteiger partial charge in [0, 0.05) is 22.7 Å². The molecule has 31 heavy (non-hydrogen) atoms. The molecule has 0 bridgehead atoms. The van der Waals surface area contributed by atoms with Crippen molar-refractivity contribution < 1.29 is 4.39 Å². The molecular weight excluding hydrogens is 381 g/mol. The summed E-state index contributed by atoms with van der Waals surface area (Å²) < 4.78 is 14.7. The largest absolute Gasteiger partial charge is 0.256 e. The maximum absolute atomic E-state index is 14.7. The average Bonchev–Trinajstić information content (AvgIpc) is 2.83. The molecule has 1 heterocycles. The molecule has 0 fully saturated rings. The SMILES string of the molecule is CCCCc1ccc(-c2cc(-c3cc4c(ccc5ccccc54)cn3)ccc2F)cc1. The fourth-order valence-corrected chi connectivity index (χ4v) is 4.19. The maximum Gasteiger partial charge on any atom is 0.131 e. The van der Waals surface area contributed by atoms with Gasteiger partial charge in [-0.05, 0) is 64.4 Å². The number of aromatic nitrogens is 1. The summed E-state index contributed by atoms with van der Waals surface area (Å²) in [5.41, 5.74) is 4.57. The molecule has 0 N–H and O–H groups in total. The highest BCUT2D eigenvalue weighted by Gasteiger charge is 2.10. The number of nitrogens with zero attached hydrogens (tertiary/aromatic N) is 1. The molecule has 0 amide bonds. The first kappa shape index (κ1) is 19.4. The van der Waals surface area contributed by atoms with Crippen LogP contribution < -0.4 is 0 Å². The number of rotatable bonds is 5. The van der Waals surface area contributed by atoms with Gasteiger partial charge in [-0.2, -0.15) is 0 Å². The molecule has 5 rings (SSSR count). The molecule has 0 radical (unpaired) electrons. The van der Waals surface area contributed by atoms with E-state index in [2.05, 4.69) is 66.5 Å². The second-order valence-corrected chi connectivity index (χ2v) is 8.07. The zero-order valence-corrected chi connectivity index (χ0v) is 17.6. The first-order valence-corrected chi connectivity index (χ1v) is 10.9. The lowest BCUT2D eigenvalue weighted by molar-refractivity contribution is 0.631. The van der Waals surface area contributed by atoms with Crippen LogP contribution in [-0.4, -0.2) is 4.98 Å². The molecule has 0 spiro atoms. The van der Waals surface area contributed by atoms with Crippen LogP contribution in [0.5, 0.6) is 0 Å². The van der Waals surface area contributed by atoms with Gasteiger partial charge >= 0.3 is 0 Å². The van der Waals surface area contributed by atoms with Crippen LogP contribution in [0.3, 0.4) is 0 Å². The minimum absolute atomic E-state index is 0.212. The van der Waals surface area contributed by atoms with Crippen molar-refractivity contribution in [3.05, 3.63) is 103 Å².